The van der Waals surface area contributed by atoms with Crippen LogP contribution in [0, 0.1) is 12.7 Å². The van der Waals surface area contributed by atoms with Crippen molar-refractivity contribution in [3.8, 4) is 0 Å². The van der Waals surface area contributed by atoms with Crippen molar-refractivity contribution in [3.63, 3.8) is 0 Å². The van der Waals surface area contributed by atoms with Crippen molar-refractivity contribution in [2.45, 2.75) is 32.9 Å². The Hall–Kier alpha value is -3.04. The van der Waals surface area contributed by atoms with Crippen LogP contribution < -0.4 is 5.32 Å². The van der Waals surface area contributed by atoms with Crippen LogP contribution in [-0.4, -0.2) is 20.7 Å². The predicted octanol–water partition coefficient (Wildman–Crippen LogP) is 4.07. The molecule has 0 fully saturated rings. The number of benzene rings is 1. The topological polar surface area (TPSA) is 59.8 Å². The molecule has 0 aliphatic rings. The Morgan fingerprint density at radius 1 is 1.14 bits per heavy atom. The molecule has 0 unspecified atom stereocenters. The number of amides is 1. The van der Waals surface area contributed by atoms with Gasteiger partial charge >= 0.3 is 0 Å². The van der Waals surface area contributed by atoms with Crippen molar-refractivity contribution in [2.75, 3.05) is 0 Å². The highest BCUT2D eigenvalue weighted by Gasteiger charge is 2.23. The quantitative estimate of drug-likeness (QED) is 0.637. The van der Waals surface area contributed by atoms with Gasteiger partial charge in [0.05, 0.1) is 11.1 Å². The summed E-state index contributed by atoms with van der Waals surface area (Å²) in [5.74, 6) is -0.944. The lowest BCUT2D eigenvalue weighted by molar-refractivity contribution is -0.121. The van der Waals surface area contributed by atoms with Gasteiger partial charge in [-0.3, -0.25) is 4.79 Å². The van der Waals surface area contributed by atoms with Crippen molar-refractivity contribution in [1.82, 2.24) is 20.1 Å². The molecule has 2 aromatic heterocycles. The van der Waals surface area contributed by atoms with Crippen molar-refractivity contribution < 1.29 is 26.7 Å². The zero-order chi connectivity index (χ0) is 20.4. The van der Waals surface area contributed by atoms with Gasteiger partial charge in [0, 0.05) is 12.1 Å². The average Bonchev–Trinajstić information content (AvgIpc) is 2.96. The molecule has 0 radical (unpaired) electrons. The van der Waals surface area contributed by atoms with Crippen LogP contribution in [0.2, 0.25) is 0 Å². The molecule has 1 amide bonds. The minimum atomic E-state index is -3.04. The molecule has 0 aliphatic carbocycles. The molecular formula is C18H15F5N4O. The van der Waals surface area contributed by atoms with Gasteiger partial charge < -0.3 is 5.32 Å². The van der Waals surface area contributed by atoms with E-state index in [4.69, 9.17) is 0 Å². The van der Waals surface area contributed by atoms with Gasteiger partial charge in [-0.15, -0.1) is 0 Å². The molecule has 0 bridgehead atoms. The molecule has 0 aliphatic heterocycles. The molecule has 0 saturated heterocycles. The van der Waals surface area contributed by atoms with Crippen molar-refractivity contribution >= 4 is 16.9 Å². The predicted molar refractivity (Wildman–Crippen MR) is 90.4 cm³/mol. The summed E-state index contributed by atoms with van der Waals surface area (Å²) in [6.07, 6.45) is -6.04. The number of fused-ring (bicyclic) bond motifs is 1. The molecule has 28 heavy (non-hydrogen) atoms. The Kier molecular flexibility index (Phi) is 5.57. The number of hydrogen-bond acceptors (Lipinski definition) is 3. The van der Waals surface area contributed by atoms with E-state index in [0.717, 1.165) is 4.68 Å². The first-order chi connectivity index (χ1) is 13.3. The number of hydrogen-bond donors (Lipinski definition) is 1. The number of carbonyl (C=O) groups excluding carboxylic acids is 1. The fourth-order valence-electron chi connectivity index (χ4n) is 2.80. The standard InChI is InChI=1S/C18H15F5N4O/c1-9-15-12(16(20)21)6-13(17(22)23)25-18(15)27(26-9)8-14(28)24-7-10-2-4-11(19)5-3-10/h2-6,16-17H,7-8H2,1H3,(H,24,28). The Morgan fingerprint density at radius 3 is 2.43 bits per heavy atom. The molecule has 1 aromatic carbocycles. The largest absolute Gasteiger partial charge is 0.350 e. The number of pyridine rings is 1. The maximum absolute atomic E-state index is 13.3. The first kappa shape index (κ1) is 19.7. The summed E-state index contributed by atoms with van der Waals surface area (Å²) in [4.78, 5) is 15.9. The normalized spacial score (nSPS) is 11.6. The zero-order valence-electron chi connectivity index (χ0n) is 14.6. The van der Waals surface area contributed by atoms with E-state index in [1.54, 1.807) is 0 Å². The van der Waals surface area contributed by atoms with E-state index in [0.29, 0.717) is 11.6 Å². The third-order valence-electron chi connectivity index (χ3n) is 4.08. The number of nitrogens with zero attached hydrogens (tertiary/aromatic N) is 3. The monoisotopic (exact) mass is 398 g/mol. The summed E-state index contributed by atoms with van der Waals surface area (Å²) >= 11 is 0. The number of rotatable bonds is 6. The molecular weight excluding hydrogens is 383 g/mol. The Balaban J connectivity index is 1.86. The summed E-state index contributed by atoms with van der Waals surface area (Å²) in [5, 5.41) is 6.52. The second-order valence-corrected chi connectivity index (χ2v) is 6.08. The van der Waals surface area contributed by atoms with Crippen molar-refractivity contribution in [2.24, 2.45) is 0 Å². The van der Waals surface area contributed by atoms with Gasteiger partial charge in [-0.1, -0.05) is 12.1 Å². The lowest BCUT2D eigenvalue weighted by Gasteiger charge is -2.09. The van der Waals surface area contributed by atoms with Crippen LogP contribution in [-0.2, 0) is 17.9 Å². The maximum atomic E-state index is 13.3. The number of nitrogens with one attached hydrogen (secondary N) is 1. The zero-order valence-corrected chi connectivity index (χ0v) is 14.6. The summed E-state index contributed by atoms with van der Waals surface area (Å²) in [5.41, 5.74) is -0.812. The minimum Gasteiger partial charge on any atom is -0.350 e. The van der Waals surface area contributed by atoms with E-state index in [1.165, 1.54) is 31.2 Å². The molecule has 0 spiro atoms. The van der Waals surface area contributed by atoms with Crippen molar-refractivity contribution in [1.29, 1.82) is 0 Å². The second kappa shape index (κ2) is 7.91. The molecule has 0 saturated carbocycles. The fraction of sp³-hybridized carbons (Fsp3) is 0.278. The molecule has 3 aromatic rings. The molecule has 0 atom stereocenters. The number of alkyl halides is 4. The molecule has 10 heteroatoms. The van der Waals surface area contributed by atoms with Crippen LogP contribution in [0.3, 0.4) is 0 Å². The van der Waals surface area contributed by atoms with E-state index in [9.17, 15) is 26.7 Å². The highest BCUT2D eigenvalue weighted by atomic mass is 19.3. The summed E-state index contributed by atoms with van der Waals surface area (Å²) < 4.78 is 66.6. The van der Waals surface area contributed by atoms with Crippen molar-refractivity contribution in [3.05, 3.63) is 58.7 Å². The van der Waals surface area contributed by atoms with Crippen LogP contribution in [0.1, 0.15) is 35.4 Å². The van der Waals surface area contributed by atoms with Gasteiger partial charge in [0.25, 0.3) is 12.9 Å². The molecule has 5 nitrogen and oxygen atoms in total. The first-order valence-electron chi connectivity index (χ1n) is 8.21. The molecule has 2 heterocycles. The summed E-state index contributed by atoms with van der Waals surface area (Å²) in [6, 6.07) is 6.13. The Bertz CT molecular complexity index is 1000. The molecule has 3 rings (SSSR count). The van der Waals surface area contributed by atoms with E-state index in [1.807, 2.05) is 0 Å². The van der Waals surface area contributed by atoms with E-state index < -0.39 is 42.4 Å². The van der Waals surface area contributed by atoms with Gasteiger partial charge in [0.2, 0.25) is 5.91 Å². The third kappa shape index (κ3) is 4.10. The van der Waals surface area contributed by atoms with E-state index in [2.05, 4.69) is 15.4 Å². The fourth-order valence-corrected chi connectivity index (χ4v) is 2.80. The van der Waals surface area contributed by atoms with E-state index >= 15 is 0 Å². The van der Waals surface area contributed by atoms with Crippen LogP contribution in [0.15, 0.2) is 30.3 Å². The molecule has 148 valence electrons. The van der Waals surface area contributed by atoms with Gasteiger partial charge in [-0.2, -0.15) is 5.10 Å². The summed E-state index contributed by atoms with van der Waals surface area (Å²) in [6.45, 7) is 1.15. The average molecular weight is 398 g/mol. The Morgan fingerprint density at radius 2 is 1.82 bits per heavy atom. The number of aryl methyl sites for hydroxylation is 1. The van der Waals surface area contributed by atoms with Crippen LogP contribution >= 0.6 is 0 Å². The summed E-state index contributed by atoms with van der Waals surface area (Å²) in [7, 11) is 0. The minimum absolute atomic E-state index is 0.0502. The number of carbonyl (C=O) groups is 1. The van der Waals surface area contributed by atoms with Crippen LogP contribution in [0.25, 0.3) is 11.0 Å². The maximum Gasteiger partial charge on any atom is 0.280 e. The van der Waals surface area contributed by atoms with E-state index in [-0.39, 0.29) is 23.3 Å². The Labute approximate surface area is 156 Å². The van der Waals surface area contributed by atoms with Gasteiger partial charge in [-0.25, -0.2) is 31.6 Å². The highest BCUT2D eigenvalue weighted by Crippen LogP contribution is 2.32. The van der Waals surface area contributed by atoms with Crippen LogP contribution in [0.4, 0.5) is 22.0 Å². The number of aromatic nitrogens is 3. The van der Waals surface area contributed by atoms with Gasteiger partial charge in [0.15, 0.2) is 5.65 Å². The highest BCUT2D eigenvalue weighted by molar-refractivity contribution is 5.84. The smallest absolute Gasteiger partial charge is 0.280 e. The third-order valence-corrected chi connectivity index (χ3v) is 4.08. The SMILES string of the molecule is Cc1nn(CC(=O)NCc2ccc(F)cc2)c2nc(C(F)F)cc(C(F)F)c12. The number of halogens is 5. The van der Waals surface area contributed by atoms with Crippen LogP contribution in [0.5, 0.6) is 0 Å². The second-order valence-electron chi connectivity index (χ2n) is 6.08. The lowest BCUT2D eigenvalue weighted by atomic mass is 10.1. The van der Waals surface area contributed by atoms with Gasteiger partial charge in [0.1, 0.15) is 18.1 Å². The first-order valence-corrected chi connectivity index (χ1v) is 8.21. The molecule has 1 N–H and O–H groups in total. The lowest BCUT2D eigenvalue weighted by Crippen LogP contribution is -2.27. The van der Waals surface area contributed by atoms with Gasteiger partial charge in [-0.05, 0) is 30.7 Å².